The van der Waals surface area contributed by atoms with Gasteiger partial charge in [0.2, 0.25) is 0 Å². The zero-order chi connectivity index (χ0) is 14.5. The Morgan fingerprint density at radius 3 is 3.00 bits per heavy atom. The summed E-state index contributed by atoms with van der Waals surface area (Å²) in [6, 6.07) is 7.44. The van der Waals surface area contributed by atoms with E-state index in [1.54, 1.807) is 26.2 Å². The van der Waals surface area contributed by atoms with Crippen molar-refractivity contribution in [3.8, 4) is 6.07 Å². The van der Waals surface area contributed by atoms with Crippen molar-refractivity contribution in [2.45, 2.75) is 19.8 Å². The van der Waals surface area contributed by atoms with Crippen molar-refractivity contribution >= 4 is 11.5 Å². The molecule has 1 aliphatic rings. The van der Waals surface area contributed by atoms with Crippen LogP contribution < -0.4 is 4.90 Å². The van der Waals surface area contributed by atoms with Gasteiger partial charge < -0.3 is 9.64 Å². The summed E-state index contributed by atoms with van der Waals surface area (Å²) in [5.41, 5.74) is 2.18. The Hall–Kier alpha value is -1.86. The molecule has 0 N–H and O–H groups in total. The predicted molar refractivity (Wildman–Crippen MR) is 78.0 cm³/mol. The molecule has 1 aromatic carbocycles. The molecule has 1 aliphatic heterocycles. The summed E-state index contributed by atoms with van der Waals surface area (Å²) < 4.78 is 5.24. The second kappa shape index (κ2) is 6.53. The molecule has 1 heterocycles. The maximum atomic E-state index is 11.8. The Morgan fingerprint density at radius 2 is 2.35 bits per heavy atom. The predicted octanol–water partition coefficient (Wildman–Crippen LogP) is 2.62. The highest BCUT2D eigenvalue weighted by Gasteiger charge is 2.23. The molecular formula is C16H20N2O2. The number of benzene rings is 1. The SMILES string of the molecule is COCC1CCCN(c2cc(C#N)ccc2C(C)=O)C1. The summed E-state index contributed by atoms with van der Waals surface area (Å²) in [5, 5.41) is 9.05. The van der Waals surface area contributed by atoms with Crippen LogP contribution in [-0.4, -0.2) is 32.6 Å². The van der Waals surface area contributed by atoms with E-state index in [-0.39, 0.29) is 5.78 Å². The lowest BCUT2D eigenvalue weighted by atomic mass is 9.96. The van der Waals surface area contributed by atoms with Crippen LogP contribution in [0.15, 0.2) is 18.2 Å². The van der Waals surface area contributed by atoms with Gasteiger partial charge in [-0.2, -0.15) is 5.26 Å². The molecule has 4 nitrogen and oxygen atoms in total. The van der Waals surface area contributed by atoms with Crippen molar-refractivity contribution in [3.63, 3.8) is 0 Å². The monoisotopic (exact) mass is 272 g/mol. The average Bonchev–Trinajstić information content (AvgIpc) is 2.47. The zero-order valence-electron chi connectivity index (χ0n) is 12.1. The van der Waals surface area contributed by atoms with E-state index in [0.29, 0.717) is 17.0 Å². The normalized spacial score (nSPS) is 18.6. The van der Waals surface area contributed by atoms with Gasteiger partial charge in [-0.05, 0) is 43.9 Å². The van der Waals surface area contributed by atoms with E-state index in [9.17, 15) is 4.79 Å². The van der Waals surface area contributed by atoms with Crippen molar-refractivity contribution in [3.05, 3.63) is 29.3 Å². The Morgan fingerprint density at radius 1 is 1.55 bits per heavy atom. The Labute approximate surface area is 120 Å². The number of carbonyl (C=O) groups excluding carboxylic acids is 1. The van der Waals surface area contributed by atoms with Crippen molar-refractivity contribution in [1.82, 2.24) is 0 Å². The second-order valence-corrected chi connectivity index (χ2v) is 5.31. The topological polar surface area (TPSA) is 53.3 Å². The molecule has 0 aromatic heterocycles. The van der Waals surface area contributed by atoms with Gasteiger partial charge in [-0.3, -0.25) is 4.79 Å². The van der Waals surface area contributed by atoms with Crippen molar-refractivity contribution in [2.75, 3.05) is 31.7 Å². The van der Waals surface area contributed by atoms with Crippen molar-refractivity contribution in [1.29, 1.82) is 5.26 Å². The highest BCUT2D eigenvalue weighted by atomic mass is 16.5. The van der Waals surface area contributed by atoms with Crippen LogP contribution in [0.4, 0.5) is 5.69 Å². The maximum Gasteiger partial charge on any atom is 0.161 e. The molecule has 1 atom stereocenters. The van der Waals surface area contributed by atoms with Gasteiger partial charge in [0.25, 0.3) is 0 Å². The second-order valence-electron chi connectivity index (χ2n) is 5.31. The van der Waals surface area contributed by atoms with Gasteiger partial charge >= 0.3 is 0 Å². The molecule has 1 unspecified atom stereocenters. The first-order chi connectivity index (χ1) is 9.65. The number of ether oxygens (including phenoxy) is 1. The molecule has 0 amide bonds. The summed E-state index contributed by atoms with van der Waals surface area (Å²) in [7, 11) is 1.72. The van der Waals surface area contributed by atoms with Crippen LogP contribution in [0.1, 0.15) is 35.7 Å². The lowest BCUT2D eigenvalue weighted by Gasteiger charge is -2.35. The number of carbonyl (C=O) groups is 1. The Balaban J connectivity index is 2.30. The van der Waals surface area contributed by atoms with Crippen LogP contribution in [-0.2, 0) is 4.74 Å². The van der Waals surface area contributed by atoms with Crippen LogP contribution >= 0.6 is 0 Å². The fraction of sp³-hybridized carbons (Fsp3) is 0.500. The quantitative estimate of drug-likeness (QED) is 0.791. The molecule has 20 heavy (non-hydrogen) atoms. The number of methoxy groups -OCH3 is 1. The molecule has 0 radical (unpaired) electrons. The number of rotatable bonds is 4. The summed E-state index contributed by atoms with van der Waals surface area (Å²) in [4.78, 5) is 14.0. The largest absolute Gasteiger partial charge is 0.384 e. The number of nitriles is 1. The molecule has 0 saturated carbocycles. The number of hydrogen-bond donors (Lipinski definition) is 0. The smallest absolute Gasteiger partial charge is 0.161 e. The summed E-state index contributed by atoms with van der Waals surface area (Å²) in [5.74, 6) is 0.526. The van der Waals surface area contributed by atoms with Gasteiger partial charge in [0, 0.05) is 31.5 Å². The van der Waals surface area contributed by atoms with Gasteiger partial charge in [0.1, 0.15) is 0 Å². The maximum absolute atomic E-state index is 11.8. The minimum absolute atomic E-state index is 0.0401. The molecule has 2 rings (SSSR count). The van der Waals surface area contributed by atoms with Gasteiger partial charge in [0.05, 0.1) is 18.2 Å². The van der Waals surface area contributed by atoms with Gasteiger partial charge in [0.15, 0.2) is 5.78 Å². The lowest BCUT2D eigenvalue weighted by Crippen LogP contribution is -2.37. The van der Waals surface area contributed by atoms with Crippen molar-refractivity contribution < 1.29 is 9.53 Å². The van der Waals surface area contributed by atoms with Crippen LogP contribution in [0, 0.1) is 17.2 Å². The lowest BCUT2D eigenvalue weighted by molar-refractivity contribution is 0.101. The molecule has 0 aliphatic carbocycles. The summed E-state index contributed by atoms with van der Waals surface area (Å²) in [6.45, 7) is 4.11. The third kappa shape index (κ3) is 3.17. The van der Waals surface area contributed by atoms with E-state index in [1.807, 2.05) is 6.07 Å². The molecule has 1 fully saturated rings. The van der Waals surface area contributed by atoms with Gasteiger partial charge in [-0.1, -0.05) is 0 Å². The van der Waals surface area contributed by atoms with Crippen LogP contribution in [0.5, 0.6) is 0 Å². The van der Waals surface area contributed by atoms with Crippen LogP contribution in [0.2, 0.25) is 0 Å². The fourth-order valence-electron chi connectivity index (χ4n) is 2.82. The molecule has 4 heteroatoms. The van der Waals surface area contributed by atoms with Crippen LogP contribution in [0.25, 0.3) is 0 Å². The summed E-state index contributed by atoms with van der Waals surface area (Å²) in [6.07, 6.45) is 2.24. The van der Waals surface area contributed by atoms with Crippen LogP contribution in [0.3, 0.4) is 0 Å². The van der Waals surface area contributed by atoms with Gasteiger partial charge in [-0.15, -0.1) is 0 Å². The molecule has 1 saturated heterocycles. The first-order valence-corrected chi connectivity index (χ1v) is 6.94. The first-order valence-electron chi connectivity index (χ1n) is 6.94. The number of hydrogen-bond acceptors (Lipinski definition) is 4. The molecule has 0 bridgehead atoms. The molecule has 106 valence electrons. The summed E-state index contributed by atoms with van der Waals surface area (Å²) >= 11 is 0. The fourth-order valence-corrected chi connectivity index (χ4v) is 2.82. The van der Waals surface area contributed by atoms with E-state index in [1.165, 1.54) is 0 Å². The molecular weight excluding hydrogens is 252 g/mol. The van der Waals surface area contributed by atoms with E-state index in [2.05, 4.69) is 11.0 Å². The third-order valence-electron chi connectivity index (χ3n) is 3.77. The third-order valence-corrected chi connectivity index (χ3v) is 3.77. The number of piperidine rings is 1. The Bertz CT molecular complexity index is 532. The van der Waals surface area contributed by atoms with E-state index in [4.69, 9.17) is 10.00 Å². The Kier molecular flexibility index (Phi) is 4.75. The van der Waals surface area contributed by atoms with E-state index in [0.717, 1.165) is 38.2 Å². The number of anilines is 1. The van der Waals surface area contributed by atoms with Crippen molar-refractivity contribution in [2.24, 2.45) is 5.92 Å². The minimum Gasteiger partial charge on any atom is -0.384 e. The molecule has 0 spiro atoms. The number of Topliss-reactive ketones (excluding diaryl/α,β-unsaturated/α-hetero) is 1. The number of ketones is 1. The van der Waals surface area contributed by atoms with E-state index >= 15 is 0 Å². The molecule has 1 aromatic rings. The first kappa shape index (κ1) is 14.5. The van der Waals surface area contributed by atoms with E-state index < -0.39 is 0 Å². The standard InChI is InChI=1S/C16H20N2O2/c1-12(19)15-6-5-13(9-17)8-16(15)18-7-3-4-14(10-18)11-20-2/h5-6,8,14H,3-4,7,10-11H2,1-2H3. The highest BCUT2D eigenvalue weighted by molar-refractivity contribution is 6.00. The zero-order valence-corrected chi connectivity index (χ0v) is 12.1. The highest BCUT2D eigenvalue weighted by Crippen LogP contribution is 2.28. The average molecular weight is 272 g/mol. The minimum atomic E-state index is 0.0401. The van der Waals surface area contributed by atoms with Gasteiger partial charge in [-0.25, -0.2) is 0 Å². The number of nitrogens with zero attached hydrogens (tertiary/aromatic N) is 2.